The van der Waals surface area contributed by atoms with Gasteiger partial charge in [-0.3, -0.25) is 0 Å². The predicted molar refractivity (Wildman–Crippen MR) is 66.1 cm³/mol. The first-order chi connectivity index (χ1) is 6.53. The van der Waals surface area contributed by atoms with Gasteiger partial charge in [0.1, 0.15) is 0 Å². The van der Waals surface area contributed by atoms with Crippen LogP contribution in [0, 0.1) is 0 Å². The minimum Gasteiger partial charge on any atom is -0.316 e. The standard InChI is InChI=1S/C11H24N2S/c1-10(12-4)9-13-6-5-11(2,3)14-8-7-13/h10,12H,5-9H2,1-4H3. The molecule has 0 bridgehead atoms. The second-order valence-electron chi connectivity index (χ2n) is 4.85. The Kier molecular flexibility index (Phi) is 4.74. The zero-order valence-corrected chi connectivity index (χ0v) is 10.8. The molecule has 0 aliphatic carbocycles. The fourth-order valence-electron chi connectivity index (χ4n) is 1.72. The molecule has 1 aliphatic heterocycles. The third-order valence-electron chi connectivity index (χ3n) is 2.96. The van der Waals surface area contributed by atoms with Crippen LogP contribution >= 0.6 is 11.8 Å². The van der Waals surface area contributed by atoms with Crippen LogP contribution in [-0.2, 0) is 0 Å². The molecule has 0 aromatic rings. The Morgan fingerprint density at radius 2 is 2.14 bits per heavy atom. The van der Waals surface area contributed by atoms with Crippen LogP contribution in [0.1, 0.15) is 27.2 Å². The van der Waals surface area contributed by atoms with E-state index in [2.05, 4.69) is 42.7 Å². The highest BCUT2D eigenvalue weighted by atomic mass is 32.2. The summed E-state index contributed by atoms with van der Waals surface area (Å²) in [5, 5.41) is 3.30. The zero-order chi connectivity index (χ0) is 10.6. The summed E-state index contributed by atoms with van der Waals surface area (Å²) >= 11 is 2.12. The lowest BCUT2D eigenvalue weighted by Crippen LogP contribution is -2.38. The first-order valence-corrected chi connectivity index (χ1v) is 6.55. The highest BCUT2D eigenvalue weighted by Crippen LogP contribution is 2.30. The lowest BCUT2D eigenvalue weighted by Gasteiger charge is -2.24. The quantitative estimate of drug-likeness (QED) is 0.774. The lowest BCUT2D eigenvalue weighted by atomic mass is 10.1. The number of nitrogens with one attached hydrogen (secondary N) is 1. The normalized spacial score (nSPS) is 25.7. The molecule has 1 saturated heterocycles. The van der Waals surface area contributed by atoms with Crippen LogP contribution in [-0.4, -0.2) is 48.1 Å². The van der Waals surface area contributed by atoms with E-state index in [1.54, 1.807) is 0 Å². The van der Waals surface area contributed by atoms with Crippen LogP contribution in [0.15, 0.2) is 0 Å². The summed E-state index contributed by atoms with van der Waals surface area (Å²) in [6.07, 6.45) is 1.31. The van der Waals surface area contributed by atoms with E-state index >= 15 is 0 Å². The van der Waals surface area contributed by atoms with E-state index in [0.717, 1.165) is 0 Å². The average molecular weight is 216 g/mol. The van der Waals surface area contributed by atoms with Gasteiger partial charge in [-0.25, -0.2) is 0 Å². The molecule has 1 heterocycles. The molecule has 1 unspecified atom stereocenters. The maximum Gasteiger partial charge on any atom is 0.0163 e. The van der Waals surface area contributed by atoms with Gasteiger partial charge < -0.3 is 10.2 Å². The molecule has 1 atom stereocenters. The van der Waals surface area contributed by atoms with Gasteiger partial charge in [0.25, 0.3) is 0 Å². The Hall–Kier alpha value is 0.270. The number of hydrogen-bond acceptors (Lipinski definition) is 3. The third-order valence-corrected chi connectivity index (χ3v) is 4.33. The van der Waals surface area contributed by atoms with Crippen molar-refractivity contribution in [2.45, 2.75) is 38.0 Å². The van der Waals surface area contributed by atoms with Crippen molar-refractivity contribution in [3.63, 3.8) is 0 Å². The SMILES string of the molecule is CNC(C)CN1CCSC(C)(C)CC1. The van der Waals surface area contributed by atoms with E-state index < -0.39 is 0 Å². The topological polar surface area (TPSA) is 15.3 Å². The summed E-state index contributed by atoms with van der Waals surface area (Å²) in [4.78, 5) is 2.59. The predicted octanol–water partition coefficient (Wildman–Crippen LogP) is 1.81. The van der Waals surface area contributed by atoms with Crippen molar-refractivity contribution < 1.29 is 0 Å². The summed E-state index contributed by atoms with van der Waals surface area (Å²) in [5.41, 5.74) is 0. The Morgan fingerprint density at radius 1 is 1.43 bits per heavy atom. The van der Waals surface area contributed by atoms with Crippen LogP contribution in [0.5, 0.6) is 0 Å². The van der Waals surface area contributed by atoms with Gasteiger partial charge in [0.05, 0.1) is 0 Å². The zero-order valence-electron chi connectivity index (χ0n) is 9.97. The molecule has 0 saturated carbocycles. The van der Waals surface area contributed by atoms with Gasteiger partial charge in [0, 0.05) is 29.6 Å². The van der Waals surface area contributed by atoms with E-state index in [0.29, 0.717) is 10.8 Å². The van der Waals surface area contributed by atoms with E-state index in [-0.39, 0.29) is 0 Å². The first kappa shape index (κ1) is 12.3. The molecule has 0 radical (unpaired) electrons. The summed E-state index contributed by atoms with van der Waals surface area (Å²) in [7, 11) is 2.04. The van der Waals surface area contributed by atoms with E-state index in [4.69, 9.17) is 0 Å². The molecule has 1 rings (SSSR count). The Labute approximate surface area is 92.8 Å². The molecule has 2 nitrogen and oxygen atoms in total. The van der Waals surface area contributed by atoms with Crippen LogP contribution in [0.2, 0.25) is 0 Å². The van der Waals surface area contributed by atoms with Crippen molar-refractivity contribution in [3.8, 4) is 0 Å². The van der Waals surface area contributed by atoms with Crippen molar-refractivity contribution in [2.75, 3.05) is 32.4 Å². The number of likely N-dealkylation sites (N-methyl/N-ethyl adjacent to an activating group) is 1. The highest BCUT2D eigenvalue weighted by molar-refractivity contribution is 8.00. The molecule has 0 spiro atoms. The monoisotopic (exact) mass is 216 g/mol. The van der Waals surface area contributed by atoms with Crippen LogP contribution in [0.3, 0.4) is 0 Å². The average Bonchev–Trinajstić information content (AvgIpc) is 2.28. The van der Waals surface area contributed by atoms with E-state index in [1.165, 1.54) is 31.8 Å². The van der Waals surface area contributed by atoms with Crippen molar-refractivity contribution in [1.29, 1.82) is 0 Å². The second-order valence-corrected chi connectivity index (χ2v) is 6.65. The fourth-order valence-corrected chi connectivity index (χ4v) is 2.86. The number of rotatable bonds is 3. The molecule has 0 aromatic carbocycles. The van der Waals surface area contributed by atoms with Crippen molar-refractivity contribution in [2.24, 2.45) is 0 Å². The van der Waals surface area contributed by atoms with Gasteiger partial charge in [-0.15, -0.1) is 0 Å². The molecule has 0 aromatic heterocycles. The van der Waals surface area contributed by atoms with Crippen molar-refractivity contribution in [3.05, 3.63) is 0 Å². The summed E-state index contributed by atoms with van der Waals surface area (Å²) in [6.45, 7) is 10.7. The largest absolute Gasteiger partial charge is 0.316 e. The number of nitrogens with zero attached hydrogens (tertiary/aromatic N) is 1. The molecule has 1 N–H and O–H groups in total. The molecule has 14 heavy (non-hydrogen) atoms. The van der Waals surface area contributed by atoms with Gasteiger partial charge in [-0.05, 0) is 26.9 Å². The molecule has 1 aliphatic rings. The number of thioether (sulfide) groups is 1. The van der Waals surface area contributed by atoms with Gasteiger partial charge in [-0.2, -0.15) is 11.8 Å². The van der Waals surface area contributed by atoms with Gasteiger partial charge in [0.15, 0.2) is 0 Å². The molecule has 0 amide bonds. The highest BCUT2D eigenvalue weighted by Gasteiger charge is 2.23. The Bertz CT molecular complexity index is 171. The van der Waals surface area contributed by atoms with E-state index in [1.807, 2.05) is 7.05 Å². The molecular formula is C11H24N2S. The maximum atomic E-state index is 3.30. The van der Waals surface area contributed by atoms with Crippen molar-refractivity contribution >= 4 is 11.8 Å². The van der Waals surface area contributed by atoms with Crippen LogP contribution < -0.4 is 5.32 Å². The van der Waals surface area contributed by atoms with E-state index in [9.17, 15) is 0 Å². The van der Waals surface area contributed by atoms with Gasteiger partial charge >= 0.3 is 0 Å². The van der Waals surface area contributed by atoms with Crippen LogP contribution in [0.4, 0.5) is 0 Å². The Balaban J connectivity index is 2.35. The smallest absolute Gasteiger partial charge is 0.0163 e. The van der Waals surface area contributed by atoms with Gasteiger partial charge in [-0.1, -0.05) is 13.8 Å². The van der Waals surface area contributed by atoms with Gasteiger partial charge in [0.2, 0.25) is 0 Å². The van der Waals surface area contributed by atoms with Crippen molar-refractivity contribution in [1.82, 2.24) is 10.2 Å². The Morgan fingerprint density at radius 3 is 2.79 bits per heavy atom. The minimum atomic E-state index is 0.484. The number of hydrogen-bond donors (Lipinski definition) is 1. The first-order valence-electron chi connectivity index (χ1n) is 5.57. The summed E-state index contributed by atoms with van der Waals surface area (Å²) in [6, 6.07) is 0.612. The summed E-state index contributed by atoms with van der Waals surface area (Å²) in [5.74, 6) is 1.28. The lowest BCUT2D eigenvalue weighted by molar-refractivity contribution is 0.260. The fraction of sp³-hybridized carbons (Fsp3) is 1.00. The summed E-state index contributed by atoms with van der Waals surface area (Å²) < 4.78 is 0.484. The third kappa shape index (κ3) is 4.20. The second kappa shape index (κ2) is 5.38. The minimum absolute atomic E-state index is 0.484. The molecule has 3 heteroatoms. The molecule has 1 fully saturated rings. The van der Waals surface area contributed by atoms with Crippen LogP contribution in [0.25, 0.3) is 0 Å². The molecular weight excluding hydrogens is 192 g/mol. The molecule has 84 valence electrons. The maximum absolute atomic E-state index is 3.30.